The van der Waals surface area contributed by atoms with Gasteiger partial charge in [-0.25, -0.2) is 0 Å². The summed E-state index contributed by atoms with van der Waals surface area (Å²) in [5.74, 6) is 0.705. The maximum absolute atomic E-state index is 5.63. The molecule has 0 fully saturated rings. The summed E-state index contributed by atoms with van der Waals surface area (Å²) in [6, 6.07) is 0. The molecule has 84 valence electrons. The van der Waals surface area contributed by atoms with Gasteiger partial charge in [-0.05, 0) is 37.3 Å². The van der Waals surface area contributed by atoms with Crippen LogP contribution in [0.4, 0.5) is 0 Å². The first-order chi connectivity index (χ1) is 7.22. The number of fused-ring (bicyclic) bond motifs is 1. The third-order valence-corrected chi connectivity index (χ3v) is 3.03. The van der Waals surface area contributed by atoms with E-state index in [0.29, 0.717) is 12.5 Å². The van der Waals surface area contributed by atoms with Crippen LogP contribution in [0, 0.1) is 5.92 Å². The van der Waals surface area contributed by atoms with Crippen molar-refractivity contribution in [3.63, 3.8) is 0 Å². The summed E-state index contributed by atoms with van der Waals surface area (Å²) in [5, 5.41) is 4.67. The van der Waals surface area contributed by atoms with E-state index in [-0.39, 0.29) is 0 Å². The quantitative estimate of drug-likeness (QED) is 0.813. The lowest BCUT2D eigenvalue weighted by atomic mass is 9.98. The van der Waals surface area contributed by atoms with Crippen molar-refractivity contribution in [1.82, 2.24) is 9.78 Å². The smallest absolute Gasteiger partial charge is 0.0672 e. The summed E-state index contributed by atoms with van der Waals surface area (Å²) < 4.78 is 2.20. The van der Waals surface area contributed by atoms with Crippen LogP contribution < -0.4 is 5.73 Å². The first kappa shape index (κ1) is 10.7. The number of aryl methyl sites for hydroxylation is 1. The average molecular weight is 207 g/mol. The summed E-state index contributed by atoms with van der Waals surface area (Å²) in [4.78, 5) is 0. The Hall–Kier alpha value is -0.830. The van der Waals surface area contributed by atoms with Gasteiger partial charge in [0.25, 0.3) is 0 Å². The molecule has 0 saturated carbocycles. The van der Waals surface area contributed by atoms with Gasteiger partial charge in [0.15, 0.2) is 0 Å². The normalized spacial score (nSPS) is 14.9. The minimum atomic E-state index is 0.705. The van der Waals surface area contributed by atoms with E-state index in [1.165, 1.54) is 29.8 Å². The second kappa shape index (κ2) is 4.35. The van der Waals surface area contributed by atoms with Gasteiger partial charge in [-0.1, -0.05) is 13.8 Å². The highest BCUT2D eigenvalue weighted by molar-refractivity contribution is 5.29. The van der Waals surface area contributed by atoms with Gasteiger partial charge in [-0.3, -0.25) is 4.68 Å². The molecule has 0 radical (unpaired) electrons. The number of hydrogen-bond donors (Lipinski definition) is 1. The Morgan fingerprint density at radius 1 is 1.47 bits per heavy atom. The molecule has 0 bridgehead atoms. The third-order valence-electron chi connectivity index (χ3n) is 3.03. The number of nitrogens with two attached hydrogens (primary N) is 1. The Labute approximate surface area is 91.7 Å². The second-order valence-electron chi connectivity index (χ2n) is 4.84. The monoisotopic (exact) mass is 207 g/mol. The van der Waals surface area contributed by atoms with Crippen LogP contribution in [0.3, 0.4) is 0 Å². The van der Waals surface area contributed by atoms with Gasteiger partial charge in [0, 0.05) is 18.7 Å². The van der Waals surface area contributed by atoms with Crippen molar-refractivity contribution in [1.29, 1.82) is 0 Å². The van der Waals surface area contributed by atoms with E-state index in [2.05, 4.69) is 23.6 Å². The van der Waals surface area contributed by atoms with Gasteiger partial charge in [0.05, 0.1) is 5.69 Å². The lowest BCUT2D eigenvalue weighted by molar-refractivity contribution is 0.635. The second-order valence-corrected chi connectivity index (χ2v) is 4.84. The minimum absolute atomic E-state index is 0.705. The zero-order valence-electron chi connectivity index (χ0n) is 9.79. The van der Waals surface area contributed by atoms with Gasteiger partial charge >= 0.3 is 0 Å². The summed E-state index contributed by atoms with van der Waals surface area (Å²) in [6.07, 6.45) is 4.56. The predicted molar refractivity (Wildman–Crippen MR) is 61.8 cm³/mol. The molecule has 2 heterocycles. The summed E-state index contributed by atoms with van der Waals surface area (Å²) in [5.41, 5.74) is 9.85. The molecule has 3 heteroatoms. The van der Waals surface area contributed by atoms with Gasteiger partial charge in [-0.2, -0.15) is 5.10 Å². The fraction of sp³-hybridized carbons (Fsp3) is 0.750. The van der Waals surface area contributed by atoms with E-state index in [1.54, 1.807) is 0 Å². The zero-order valence-corrected chi connectivity index (χ0v) is 9.79. The van der Waals surface area contributed by atoms with Crippen molar-refractivity contribution >= 4 is 0 Å². The first-order valence-corrected chi connectivity index (χ1v) is 6.00. The molecule has 0 saturated heterocycles. The number of nitrogens with zero attached hydrogens (tertiary/aromatic N) is 2. The highest BCUT2D eigenvalue weighted by atomic mass is 15.3. The Morgan fingerprint density at radius 2 is 2.27 bits per heavy atom. The maximum atomic E-state index is 5.63. The summed E-state index contributed by atoms with van der Waals surface area (Å²) in [6.45, 7) is 6.35. The van der Waals surface area contributed by atoms with E-state index in [1.807, 2.05) is 0 Å². The van der Waals surface area contributed by atoms with Crippen molar-refractivity contribution < 1.29 is 0 Å². The maximum Gasteiger partial charge on any atom is 0.0672 e. The molecule has 0 atom stereocenters. The number of aromatic nitrogens is 2. The van der Waals surface area contributed by atoms with Crippen LogP contribution in [0.25, 0.3) is 0 Å². The van der Waals surface area contributed by atoms with Gasteiger partial charge in [-0.15, -0.1) is 0 Å². The van der Waals surface area contributed by atoms with Crippen LogP contribution in [0.5, 0.6) is 0 Å². The molecule has 1 aromatic rings. The highest BCUT2D eigenvalue weighted by Gasteiger charge is 2.21. The van der Waals surface area contributed by atoms with E-state index in [9.17, 15) is 0 Å². The van der Waals surface area contributed by atoms with Crippen molar-refractivity contribution in [3.8, 4) is 0 Å². The van der Waals surface area contributed by atoms with Crippen LogP contribution in [0.15, 0.2) is 0 Å². The molecule has 1 aliphatic heterocycles. The Morgan fingerprint density at radius 3 is 2.93 bits per heavy atom. The van der Waals surface area contributed by atoms with E-state index in [0.717, 1.165) is 19.4 Å². The van der Waals surface area contributed by atoms with E-state index < -0.39 is 0 Å². The molecule has 3 nitrogen and oxygen atoms in total. The predicted octanol–water partition coefficient (Wildman–Crippen LogP) is 1.53. The minimum Gasteiger partial charge on any atom is -0.330 e. The lowest BCUT2D eigenvalue weighted by Crippen LogP contribution is -2.07. The van der Waals surface area contributed by atoms with Gasteiger partial charge < -0.3 is 5.73 Å². The molecule has 1 aromatic heterocycles. The van der Waals surface area contributed by atoms with Gasteiger partial charge in [0.1, 0.15) is 0 Å². The van der Waals surface area contributed by atoms with Crippen LogP contribution in [0.2, 0.25) is 0 Å². The fourth-order valence-corrected chi connectivity index (χ4v) is 2.43. The van der Waals surface area contributed by atoms with E-state index in [4.69, 9.17) is 5.73 Å². The Bertz CT molecular complexity index is 339. The standard InChI is InChI=1S/C12H21N3/c1-9(2)8-10-11(5-6-13)14-15-7-3-4-12(10)15/h9H,3-8,13H2,1-2H3. The summed E-state index contributed by atoms with van der Waals surface area (Å²) >= 11 is 0. The van der Waals surface area contributed by atoms with Crippen LogP contribution in [-0.4, -0.2) is 16.3 Å². The average Bonchev–Trinajstić information content (AvgIpc) is 2.70. The lowest BCUT2D eigenvalue weighted by Gasteiger charge is -2.06. The zero-order chi connectivity index (χ0) is 10.8. The molecule has 0 unspecified atom stereocenters. The van der Waals surface area contributed by atoms with Crippen molar-refractivity contribution in [3.05, 3.63) is 17.0 Å². The topological polar surface area (TPSA) is 43.8 Å². The van der Waals surface area contributed by atoms with Crippen molar-refractivity contribution in [2.75, 3.05) is 6.54 Å². The van der Waals surface area contributed by atoms with Crippen LogP contribution >= 0.6 is 0 Å². The van der Waals surface area contributed by atoms with E-state index >= 15 is 0 Å². The molecular weight excluding hydrogens is 186 g/mol. The Balaban J connectivity index is 2.29. The largest absolute Gasteiger partial charge is 0.330 e. The summed E-state index contributed by atoms with van der Waals surface area (Å²) in [7, 11) is 0. The van der Waals surface area contributed by atoms with Crippen LogP contribution in [-0.2, 0) is 25.8 Å². The van der Waals surface area contributed by atoms with Crippen molar-refractivity contribution in [2.45, 2.75) is 46.1 Å². The number of rotatable bonds is 4. The molecule has 0 aliphatic carbocycles. The fourth-order valence-electron chi connectivity index (χ4n) is 2.43. The van der Waals surface area contributed by atoms with Crippen molar-refractivity contribution in [2.24, 2.45) is 11.7 Å². The molecule has 2 rings (SSSR count). The molecule has 0 amide bonds. The molecule has 0 aromatic carbocycles. The molecule has 1 aliphatic rings. The number of hydrogen-bond acceptors (Lipinski definition) is 2. The molecular formula is C12H21N3. The SMILES string of the molecule is CC(C)Cc1c(CCN)nn2c1CCC2. The highest BCUT2D eigenvalue weighted by Crippen LogP contribution is 2.24. The third kappa shape index (κ3) is 2.07. The molecule has 0 spiro atoms. The molecule has 15 heavy (non-hydrogen) atoms. The molecule has 2 N–H and O–H groups in total. The van der Waals surface area contributed by atoms with Crippen LogP contribution in [0.1, 0.15) is 37.2 Å². The van der Waals surface area contributed by atoms with Gasteiger partial charge in [0.2, 0.25) is 0 Å². The first-order valence-electron chi connectivity index (χ1n) is 6.00. The Kier molecular flexibility index (Phi) is 3.10.